The number of aliphatic hydroxyl groups excluding tert-OH is 3. The first-order valence-corrected chi connectivity index (χ1v) is 4.17. The molecule has 0 aromatic rings. The van der Waals surface area contributed by atoms with Crippen LogP contribution in [0, 0.1) is 0 Å². The fourth-order valence-electron chi connectivity index (χ4n) is 1.09. The maximum absolute atomic E-state index is 10.1. The molecule has 0 aliphatic rings. The van der Waals surface area contributed by atoms with Crippen molar-refractivity contribution in [2.24, 2.45) is 0 Å². The maximum atomic E-state index is 10.1. The fourth-order valence-corrected chi connectivity index (χ4v) is 1.09. The number of hydrogen-bond acceptors (Lipinski definition) is 4. The number of carbonyl (C=O) groups is 1. The van der Waals surface area contributed by atoms with Gasteiger partial charge in [-0.05, 0) is 19.8 Å². The second-order valence-corrected chi connectivity index (χ2v) is 3.23. The van der Waals surface area contributed by atoms with Gasteiger partial charge in [0.25, 0.3) is 0 Å². The van der Waals surface area contributed by atoms with Crippen LogP contribution in [0.25, 0.3) is 0 Å². The number of hydrogen-bond donors (Lipinski definition) is 4. The minimum atomic E-state index is -1.10. The van der Waals surface area contributed by atoms with Crippen molar-refractivity contribution in [2.45, 2.75) is 44.5 Å². The number of carboxylic acid groups (broad SMARTS) is 1. The highest BCUT2D eigenvalue weighted by atomic mass is 16.4. The van der Waals surface area contributed by atoms with Crippen LogP contribution in [0.1, 0.15) is 26.2 Å². The summed E-state index contributed by atoms with van der Waals surface area (Å²) in [5, 5.41) is 35.4. The van der Waals surface area contributed by atoms with Gasteiger partial charge in [0.1, 0.15) is 0 Å². The van der Waals surface area contributed by atoms with Crippen molar-refractivity contribution in [1.82, 2.24) is 0 Å². The van der Waals surface area contributed by atoms with Gasteiger partial charge in [0.2, 0.25) is 0 Å². The lowest BCUT2D eigenvalue weighted by molar-refractivity contribution is -0.139. The molecule has 3 unspecified atom stereocenters. The highest BCUT2D eigenvalue weighted by Gasteiger charge is 2.16. The summed E-state index contributed by atoms with van der Waals surface area (Å²) < 4.78 is 0. The van der Waals surface area contributed by atoms with Gasteiger partial charge >= 0.3 is 5.97 Å². The van der Waals surface area contributed by atoms with Crippen LogP contribution in [0.3, 0.4) is 0 Å². The van der Waals surface area contributed by atoms with E-state index in [0.717, 1.165) is 0 Å². The molecule has 0 aromatic carbocycles. The molecule has 0 radical (unpaired) electrons. The molecule has 0 aliphatic heterocycles. The Morgan fingerprint density at radius 3 is 2.08 bits per heavy atom. The predicted octanol–water partition coefficient (Wildman–Crippen LogP) is -0.656. The Balaban J connectivity index is 3.64. The van der Waals surface area contributed by atoms with Crippen molar-refractivity contribution >= 4 is 5.97 Å². The van der Waals surface area contributed by atoms with Crippen LogP contribution in [-0.4, -0.2) is 44.7 Å². The van der Waals surface area contributed by atoms with Crippen molar-refractivity contribution in [3.8, 4) is 0 Å². The minimum absolute atomic E-state index is 0.0167. The molecule has 0 heterocycles. The molecule has 0 aromatic heterocycles. The monoisotopic (exact) mass is 192 g/mol. The van der Waals surface area contributed by atoms with Gasteiger partial charge in [0.15, 0.2) is 0 Å². The molecule has 0 amide bonds. The lowest BCUT2D eigenvalue weighted by atomic mass is 10.0. The van der Waals surface area contributed by atoms with Crippen molar-refractivity contribution < 1.29 is 25.2 Å². The fraction of sp³-hybridized carbons (Fsp3) is 0.875. The van der Waals surface area contributed by atoms with Gasteiger partial charge in [-0.15, -0.1) is 0 Å². The Kier molecular flexibility index (Phi) is 5.61. The molecule has 4 N–H and O–H groups in total. The zero-order chi connectivity index (χ0) is 10.4. The van der Waals surface area contributed by atoms with E-state index in [4.69, 9.17) is 15.3 Å². The molecule has 5 heteroatoms. The molecule has 0 bridgehead atoms. The third kappa shape index (κ3) is 7.70. The van der Waals surface area contributed by atoms with E-state index in [1.54, 1.807) is 0 Å². The third-order valence-corrected chi connectivity index (χ3v) is 1.57. The normalized spacial score (nSPS) is 17.8. The quantitative estimate of drug-likeness (QED) is 0.448. The van der Waals surface area contributed by atoms with Gasteiger partial charge in [-0.2, -0.15) is 0 Å². The summed E-state index contributed by atoms with van der Waals surface area (Å²) in [4.78, 5) is 10.1. The molecule has 0 aliphatic carbocycles. The molecular formula is C8H16O5. The first kappa shape index (κ1) is 12.3. The lowest BCUT2D eigenvalue weighted by Gasteiger charge is -2.15. The van der Waals surface area contributed by atoms with Crippen LogP contribution < -0.4 is 0 Å². The Morgan fingerprint density at radius 1 is 1.15 bits per heavy atom. The van der Waals surface area contributed by atoms with E-state index < -0.39 is 24.3 Å². The van der Waals surface area contributed by atoms with Gasteiger partial charge in [0, 0.05) is 0 Å². The number of carboxylic acids is 1. The van der Waals surface area contributed by atoms with Crippen LogP contribution in [0.2, 0.25) is 0 Å². The summed E-state index contributed by atoms with van der Waals surface area (Å²) >= 11 is 0. The van der Waals surface area contributed by atoms with Crippen molar-refractivity contribution in [3.05, 3.63) is 0 Å². The molecule has 3 atom stereocenters. The summed E-state index contributed by atoms with van der Waals surface area (Å²) in [5.74, 6) is -1.10. The molecule has 0 rings (SSSR count). The molecule has 13 heavy (non-hydrogen) atoms. The smallest absolute Gasteiger partial charge is 0.305 e. The minimum Gasteiger partial charge on any atom is -0.481 e. The van der Waals surface area contributed by atoms with E-state index in [1.807, 2.05) is 0 Å². The second-order valence-electron chi connectivity index (χ2n) is 3.23. The molecule has 5 nitrogen and oxygen atoms in total. The summed E-state index contributed by atoms with van der Waals surface area (Å²) in [7, 11) is 0. The Bertz CT molecular complexity index is 157. The van der Waals surface area contributed by atoms with Gasteiger partial charge in [-0.25, -0.2) is 0 Å². The van der Waals surface area contributed by atoms with Crippen LogP contribution in [-0.2, 0) is 4.79 Å². The molecule has 0 spiro atoms. The van der Waals surface area contributed by atoms with Crippen LogP contribution in [0.5, 0.6) is 0 Å². The van der Waals surface area contributed by atoms with Crippen LogP contribution in [0.15, 0.2) is 0 Å². The van der Waals surface area contributed by atoms with Gasteiger partial charge in [-0.1, -0.05) is 0 Å². The number of rotatable bonds is 6. The van der Waals surface area contributed by atoms with E-state index in [1.165, 1.54) is 6.92 Å². The van der Waals surface area contributed by atoms with E-state index in [0.29, 0.717) is 0 Å². The predicted molar refractivity (Wildman–Crippen MR) is 45.2 cm³/mol. The standard InChI is InChI=1S/C8H16O5/c1-5(9)2-6(10)3-7(11)4-8(12)13/h5-7,9-11H,2-4H2,1H3,(H,12,13). The first-order valence-electron chi connectivity index (χ1n) is 4.17. The number of aliphatic hydroxyl groups is 3. The molecule has 0 saturated carbocycles. The maximum Gasteiger partial charge on any atom is 0.305 e. The van der Waals surface area contributed by atoms with Gasteiger partial charge in [-0.3, -0.25) is 4.79 Å². The van der Waals surface area contributed by atoms with Crippen molar-refractivity contribution in [3.63, 3.8) is 0 Å². The van der Waals surface area contributed by atoms with Gasteiger partial charge in [0.05, 0.1) is 24.7 Å². The van der Waals surface area contributed by atoms with Gasteiger partial charge < -0.3 is 20.4 Å². The van der Waals surface area contributed by atoms with Crippen molar-refractivity contribution in [2.75, 3.05) is 0 Å². The Morgan fingerprint density at radius 2 is 1.69 bits per heavy atom. The highest BCUT2D eigenvalue weighted by molar-refractivity contribution is 5.67. The van der Waals surface area contributed by atoms with E-state index in [-0.39, 0.29) is 19.3 Å². The van der Waals surface area contributed by atoms with Crippen molar-refractivity contribution in [1.29, 1.82) is 0 Å². The number of aliphatic carboxylic acids is 1. The zero-order valence-corrected chi connectivity index (χ0v) is 7.55. The summed E-state index contributed by atoms with van der Waals surface area (Å²) in [5.41, 5.74) is 0. The third-order valence-electron chi connectivity index (χ3n) is 1.57. The topological polar surface area (TPSA) is 98.0 Å². The Hall–Kier alpha value is -0.650. The zero-order valence-electron chi connectivity index (χ0n) is 7.55. The average molecular weight is 192 g/mol. The van der Waals surface area contributed by atoms with E-state index in [9.17, 15) is 9.90 Å². The molecule has 78 valence electrons. The largest absolute Gasteiger partial charge is 0.481 e. The van der Waals surface area contributed by atoms with Crippen LogP contribution in [0.4, 0.5) is 0 Å². The molecular weight excluding hydrogens is 176 g/mol. The SMILES string of the molecule is CC(O)CC(O)CC(O)CC(=O)O. The molecule has 0 saturated heterocycles. The lowest BCUT2D eigenvalue weighted by Crippen LogP contribution is -2.23. The molecule has 0 fully saturated rings. The van der Waals surface area contributed by atoms with E-state index >= 15 is 0 Å². The second kappa shape index (κ2) is 5.90. The first-order chi connectivity index (χ1) is 5.91. The summed E-state index contributed by atoms with van der Waals surface area (Å²) in [6, 6.07) is 0. The highest BCUT2D eigenvalue weighted by Crippen LogP contribution is 2.07. The Labute approximate surface area is 76.6 Å². The summed E-state index contributed by atoms with van der Waals surface area (Å²) in [6.45, 7) is 1.52. The van der Waals surface area contributed by atoms with E-state index in [2.05, 4.69) is 0 Å². The average Bonchev–Trinajstić information content (AvgIpc) is 1.80. The summed E-state index contributed by atoms with van der Waals surface area (Å²) in [6.07, 6.45) is -2.79. The van der Waals surface area contributed by atoms with Crippen LogP contribution >= 0.6 is 0 Å².